The Morgan fingerprint density at radius 1 is 1.05 bits per heavy atom. The summed E-state index contributed by atoms with van der Waals surface area (Å²) in [5.74, 6) is 0.950. The molecule has 1 N–H and O–H groups in total. The van der Waals surface area contributed by atoms with E-state index < -0.39 is 0 Å². The highest BCUT2D eigenvalue weighted by Gasteiger charge is 2.32. The molecule has 0 radical (unpaired) electrons. The van der Waals surface area contributed by atoms with Crippen LogP contribution >= 0.6 is 11.8 Å². The van der Waals surface area contributed by atoms with Gasteiger partial charge in [-0.1, -0.05) is 55.9 Å². The average molecular weight is 528 g/mol. The number of thioether (sulfide) groups is 1. The molecule has 1 aliphatic rings. The van der Waals surface area contributed by atoms with E-state index in [2.05, 4.69) is 42.4 Å². The van der Waals surface area contributed by atoms with Crippen molar-refractivity contribution in [2.75, 3.05) is 23.1 Å². The zero-order chi connectivity index (χ0) is 27.2. The number of nitrogens with one attached hydrogen (secondary N) is 1. The number of hydrogen-bond donors (Lipinski definition) is 1. The maximum absolute atomic E-state index is 13.5. The molecule has 4 rings (SSSR count). The third-order valence-corrected chi connectivity index (χ3v) is 7.36. The van der Waals surface area contributed by atoms with Crippen molar-refractivity contribution >= 4 is 46.2 Å². The smallest absolute Gasteiger partial charge is 0.283 e. The van der Waals surface area contributed by atoms with E-state index in [1.807, 2.05) is 62.4 Å². The number of carbonyl (C=O) groups excluding carboxylic acids is 2. The van der Waals surface area contributed by atoms with Gasteiger partial charge >= 0.3 is 0 Å². The van der Waals surface area contributed by atoms with Crippen LogP contribution in [0.4, 0.5) is 11.4 Å². The van der Waals surface area contributed by atoms with E-state index in [0.717, 1.165) is 40.2 Å². The van der Waals surface area contributed by atoms with Crippen molar-refractivity contribution in [3.05, 3.63) is 94.7 Å². The van der Waals surface area contributed by atoms with Gasteiger partial charge in [-0.15, -0.1) is 0 Å². The lowest BCUT2D eigenvalue weighted by molar-refractivity contribution is -0.114. The molecule has 7 heteroatoms. The molecule has 0 saturated carbocycles. The van der Waals surface area contributed by atoms with Gasteiger partial charge in [-0.3, -0.25) is 14.5 Å². The molecule has 38 heavy (non-hydrogen) atoms. The molecule has 6 nitrogen and oxygen atoms in total. The molecule has 1 heterocycles. The highest BCUT2D eigenvalue weighted by atomic mass is 32.2. The van der Waals surface area contributed by atoms with Gasteiger partial charge in [0.1, 0.15) is 11.4 Å². The molecule has 1 aliphatic heterocycles. The Morgan fingerprint density at radius 3 is 2.32 bits per heavy atom. The Labute approximate surface area is 228 Å². The van der Waals surface area contributed by atoms with Crippen molar-refractivity contribution in [2.45, 2.75) is 40.0 Å². The number of aliphatic imine (C=N–C) groups is 1. The SMILES string of the molecule is CCC(C)c1ccc(NC(=O)CSC2=N/C(=C\c3ccc(OC)cc3)C(=O)N2c2cc(C)cc(C)c2)cc1. The number of benzene rings is 3. The van der Waals surface area contributed by atoms with Gasteiger partial charge in [0, 0.05) is 5.69 Å². The minimum Gasteiger partial charge on any atom is -0.497 e. The van der Waals surface area contributed by atoms with Gasteiger partial charge in [0.25, 0.3) is 5.91 Å². The molecule has 3 aromatic carbocycles. The standard InChI is InChI=1S/C31H33N3O3S/c1-6-22(4)24-9-11-25(12-10-24)32-29(35)19-38-31-33-28(18-23-7-13-27(37-5)14-8-23)30(36)34(31)26-16-20(2)15-21(3)17-26/h7-18,22H,6,19H2,1-5H3,(H,32,35)/b28-18-. The van der Waals surface area contributed by atoms with Crippen LogP contribution < -0.4 is 15.0 Å². The van der Waals surface area contributed by atoms with Crippen LogP contribution in [0.25, 0.3) is 6.08 Å². The van der Waals surface area contributed by atoms with Crippen LogP contribution in [0.5, 0.6) is 5.75 Å². The van der Waals surface area contributed by atoms with E-state index in [0.29, 0.717) is 16.8 Å². The first kappa shape index (κ1) is 27.2. The second-order valence-electron chi connectivity index (χ2n) is 9.45. The van der Waals surface area contributed by atoms with Gasteiger partial charge in [-0.25, -0.2) is 4.99 Å². The van der Waals surface area contributed by atoms with Gasteiger partial charge in [-0.2, -0.15) is 0 Å². The molecule has 0 bridgehead atoms. The number of carbonyl (C=O) groups is 2. The van der Waals surface area contributed by atoms with Gasteiger partial charge in [-0.05, 0) is 90.9 Å². The second kappa shape index (κ2) is 12.1. The lowest BCUT2D eigenvalue weighted by atomic mass is 9.99. The number of amidine groups is 1. The predicted molar refractivity (Wildman–Crippen MR) is 158 cm³/mol. The molecule has 0 saturated heterocycles. The van der Waals surface area contributed by atoms with Gasteiger partial charge in [0.15, 0.2) is 5.17 Å². The number of aryl methyl sites for hydroxylation is 2. The number of nitrogens with zero attached hydrogens (tertiary/aromatic N) is 2. The van der Waals surface area contributed by atoms with Crippen LogP contribution in [0.1, 0.15) is 48.4 Å². The summed E-state index contributed by atoms with van der Waals surface area (Å²) >= 11 is 1.24. The summed E-state index contributed by atoms with van der Waals surface area (Å²) in [5, 5.41) is 3.43. The van der Waals surface area contributed by atoms with Crippen LogP contribution in [0, 0.1) is 13.8 Å². The minimum atomic E-state index is -0.227. The zero-order valence-corrected chi connectivity index (χ0v) is 23.3. The fourth-order valence-corrected chi connectivity index (χ4v) is 5.03. The highest BCUT2D eigenvalue weighted by Crippen LogP contribution is 2.31. The summed E-state index contributed by atoms with van der Waals surface area (Å²) in [7, 11) is 1.61. The Balaban J connectivity index is 1.54. The van der Waals surface area contributed by atoms with Crippen LogP contribution in [-0.4, -0.2) is 29.8 Å². The largest absolute Gasteiger partial charge is 0.497 e. The van der Waals surface area contributed by atoms with E-state index in [9.17, 15) is 9.59 Å². The van der Waals surface area contributed by atoms with Gasteiger partial charge in [0.05, 0.1) is 18.6 Å². The molecular formula is C31H33N3O3S. The molecule has 0 fully saturated rings. The van der Waals surface area contributed by atoms with Crippen molar-refractivity contribution in [1.29, 1.82) is 0 Å². The number of hydrogen-bond acceptors (Lipinski definition) is 5. The Hall–Kier alpha value is -3.84. The Bertz CT molecular complexity index is 1360. The number of anilines is 2. The van der Waals surface area contributed by atoms with Crippen LogP contribution in [0.15, 0.2) is 77.4 Å². The topological polar surface area (TPSA) is 71.0 Å². The van der Waals surface area contributed by atoms with E-state index in [-0.39, 0.29) is 17.6 Å². The third-order valence-electron chi connectivity index (χ3n) is 6.42. The molecule has 1 atom stereocenters. The first-order valence-corrected chi connectivity index (χ1v) is 13.7. The molecule has 0 spiro atoms. The number of methoxy groups -OCH3 is 1. The fraction of sp³-hybridized carbons (Fsp3) is 0.258. The quantitative estimate of drug-likeness (QED) is 0.322. The molecule has 2 amide bonds. The molecule has 196 valence electrons. The molecule has 0 aromatic heterocycles. The average Bonchev–Trinajstić information content (AvgIpc) is 3.22. The molecule has 0 aliphatic carbocycles. The van der Waals surface area contributed by atoms with E-state index in [4.69, 9.17) is 4.74 Å². The molecule has 3 aromatic rings. The maximum Gasteiger partial charge on any atom is 0.283 e. The predicted octanol–water partition coefficient (Wildman–Crippen LogP) is 6.94. The summed E-state index contributed by atoms with van der Waals surface area (Å²) < 4.78 is 5.23. The number of amides is 2. The maximum atomic E-state index is 13.5. The number of rotatable bonds is 8. The summed E-state index contributed by atoms with van der Waals surface area (Å²) in [5.41, 5.74) is 5.97. The Morgan fingerprint density at radius 2 is 1.71 bits per heavy atom. The monoisotopic (exact) mass is 527 g/mol. The lowest BCUT2D eigenvalue weighted by Gasteiger charge is -2.19. The van der Waals surface area contributed by atoms with Gasteiger partial charge < -0.3 is 10.1 Å². The first-order valence-electron chi connectivity index (χ1n) is 12.7. The summed E-state index contributed by atoms with van der Waals surface area (Å²) in [6, 6.07) is 21.4. The fourth-order valence-electron chi connectivity index (χ4n) is 4.22. The van der Waals surface area contributed by atoms with Crippen LogP contribution in [0.2, 0.25) is 0 Å². The van der Waals surface area contributed by atoms with Crippen molar-refractivity contribution in [3.8, 4) is 5.75 Å². The second-order valence-corrected chi connectivity index (χ2v) is 10.4. The number of ether oxygens (including phenoxy) is 1. The Kier molecular flexibility index (Phi) is 8.69. The highest BCUT2D eigenvalue weighted by molar-refractivity contribution is 8.14. The van der Waals surface area contributed by atoms with Crippen LogP contribution in [0.3, 0.4) is 0 Å². The first-order chi connectivity index (χ1) is 18.3. The van der Waals surface area contributed by atoms with E-state index in [1.165, 1.54) is 17.3 Å². The molecular weight excluding hydrogens is 494 g/mol. The normalized spacial score (nSPS) is 15.0. The molecule has 1 unspecified atom stereocenters. The van der Waals surface area contributed by atoms with Crippen molar-refractivity contribution in [1.82, 2.24) is 0 Å². The summed E-state index contributed by atoms with van der Waals surface area (Å²) in [4.78, 5) is 32.6. The minimum absolute atomic E-state index is 0.121. The third kappa shape index (κ3) is 6.53. The lowest BCUT2D eigenvalue weighted by Crippen LogP contribution is -2.31. The van der Waals surface area contributed by atoms with E-state index in [1.54, 1.807) is 18.1 Å². The van der Waals surface area contributed by atoms with Crippen molar-refractivity contribution in [3.63, 3.8) is 0 Å². The summed E-state index contributed by atoms with van der Waals surface area (Å²) in [6.45, 7) is 8.34. The zero-order valence-electron chi connectivity index (χ0n) is 22.4. The van der Waals surface area contributed by atoms with Crippen molar-refractivity contribution in [2.24, 2.45) is 4.99 Å². The van der Waals surface area contributed by atoms with E-state index >= 15 is 0 Å². The van der Waals surface area contributed by atoms with Gasteiger partial charge in [0.2, 0.25) is 5.91 Å². The summed E-state index contributed by atoms with van der Waals surface area (Å²) in [6.07, 6.45) is 2.82. The van der Waals surface area contributed by atoms with Crippen molar-refractivity contribution < 1.29 is 14.3 Å². The van der Waals surface area contributed by atoms with Crippen LogP contribution in [-0.2, 0) is 9.59 Å².